The Morgan fingerprint density at radius 1 is 1.25 bits per heavy atom. The summed E-state index contributed by atoms with van der Waals surface area (Å²) >= 11 is 0. The molecule has 0 unspecified atom stereocenters. The summed E-state index contributed by atoms with van der Waals surface area (Å²) in [4.78, 5) is 22.7. The molecule has 3 rings (SSSR count). The normalized spacial score (nSPS) is 17.7. The van der Waals surface area contributed by atoms with Crippen LogP contribution in [0.1, 0.15) is 34.6 Å². The van der Waals surface area contributed by atoms with E-state index < -0.39 is 0 Å². The van der Waals surface area contributed by atoms with Crippen molar-refractivity contribution >= 4 is 5.91 Å². The number of amides is 1. The second-order valence-corrected chi connectivity index (χ2v) is 6.16. The maximum absolute atomic E-state index is 12.5. The molecule has 1 atom stereocenters. The summed E-state index contributed by atoms with van der Waals surface area (Å²) in [5.41, 5.74) is 2.56. The third-order valence-electron chi connectivity index (χ3n) is 4.26. The van der Waals surface area contributed by atoms with Gasteiger partial charge in [-0.2, -0.15) is 0 Å². The van der Waals surface area contributed by atoms with Crippen LogP contribution in [0.5, 0.6) is 0 Å². The maximum atomic E-state index is 12.5. The topological polar surface area (TPSA) is 55.3 Å². The Morgan fingerprint density at radius 3 is 2.83 bits per heavy atom. The Kier molecular flexibility index (Phi) is 5.54. The predicted molar refractivity (Wildman–Crippen MR) is 91.8 cm³/mol. The van der Waals surface area contributed by atoms with E-state index in [2.05, 4.69) is 34.2 Å². The standard InChI is InChI=1S/C19H23N3O2/c1-15-12-21-18(13-20-15)19(23)22-10-11-24-17(14-22)9-5-8-16-6-3-2-4-7-16/h2-4,6-7,12-13,17H,5,8-11,14H2,1H3/t17-/m1/s1. The quantitative estimate of drug-likeness (QED) is 0.848. The van der Waals surface area contributed by atoms with Crippen LogP contribution in [0.2, 0.25) is 0 Å². The van der Waals surface area contributed by atoms with Crippen LogP contribution in [0, 0.1) is 6.92 Å². The molecule has 1 amide bonds. The molecule has 1 aromatic carbocycles. The van der Waals surface area contributed by atoms with E-state index in [4.69, 9.17) is 4.74 Å². The highest BCUT2D eigenvalue weighted by molar-refractivity contribution is 5.92. The molecule has 0 bridgehead atoms. The van der Waals surface area contributed by atoms with E-state index >= 15 is 0 Å². The van der Waals surface area contributed by atoms with Crippen LogP contribution in [-0.2, 0) is 11.2 Å². The molecule has 0 spiro atoms. The van der Waals surface area contributed by atoms with E-state index in [0.29, 0.717) is 25.4 Å². The van der Waals surface area contributed by atoms with Gasteiger partial charge in [0.1, 0.15) is 5.69 Å². The van der Waals surface area contributed by atoms with Gasteiger partial charge in [0, 0.05) is 19.3 Å². The minimum atomic E-state index is -0.0566. The zero-order valence-electron chi connectivity index (χ0n) is 14.0. The van der Waals surface area contributed by atoms with Crippen molar-refractivity contribution in [3.8, 4) is 0 Å². The van der Waals surface area contributed by atoms with Gasteiger partial charge in [0.25, 0.3) is 5.91 Å². The molecule has 1 fully saturated rings. The van der Waals surface area contributed by atoms with Crippen molar-refractivity contribution in [2.24, 2.45) is 0 Å². The summed E-state index contributed by atoms with van der Waals surface area (Å²) < 4.78 is 5.82. The summed E-state index contributed by atoms with van der Waals surface area (Å²) in [5.74, 6) is -0.0566. The highest BCUT2D eigenvalue weighted by Gasteiger charge is 2.25. The van der Waals surface area contributed by atoms with Crippen LogP contribution in [0.4, 0.5) is 0 Å². The van der Waals surface area contributed by atoms with Crippen molar-refractivity contribution in [3.63, 3.8) is 0 Å². The molecule has 24 heavy (non-hydrogen) atoms. The van der Waals surface area contributed by atoms with Crippen LogP contribution in [0.25, 0.3) is 0 Å². The molecular formula is C19H23N3O2. The van der Waals surface area contributed by atoms with Gasteiger partial charge in [-0.25, -0.2) is 4.98 Å². The van der Waals surface area contributed by atoms with Crippen molar-refractivity contribution < 1.29 is 9.53 Å². The lowest BCUT2D eigenvalue weighted by molar-refractivity contribution is -0.0257. The fourth-order valence-corrected chi connectivity index (χ4v) is 2.92. The molecule has 0 radical (unpaired) electrons. The van der Waals surface area contributed by atoms with Crippen LogP contribution in [0.3, 0.4) is 0 Å². The van der Waals surface area contributed by atoms with E-state index in [-0.39, 0.29) is 12.0 Å². The monoisotopic (exact) mass is 325 g/mol. The lowest BCUT2D eigenvalue weighted by Gasteiger charge is -2.32. The zero-order chi connectivity index (χ0) is 16.8. The lowest BCUT2D eigenvalue weighted by atomic mass is 10.0. The second kappa shape index (κ2) is 8.02. The highest BCUT2D eigenvalue weighted by atomic mass is 16.5. The van der Waals surface area contributed by atoms with Crippen molar-refractivity contribution in [3.05, 3.63) is 59.7 Å². The molecule has 5 heteroatoms. The number of carbonyl (C=O) groups is 1. The Labute approximate surface area is 142 Å². The number of benzene rings is 1. The first-order valence-corrected chi connectivity index (χ1v) is 8.46. The minimum absolute atomic E-state index is 0.0566. The van der Waals surface area contributed by atoms with E-state index in [0.717, 1.165) is 25.0 Å². The first kappa shape index (κ1) is 16.6. The SMILES string of the molecule is Cc1cnc(C(=O)N2CCO[C@H](CCCc3ccccc3)C2)cn1. The van der Waals surface area contributed by atoms with Gasteiger partial charge in [-0.15, -0.1) is 0 Å². The molecule has 2 aromatic rings. The number of aryl methyl sites for hydroxylation is 2. The second-order valence-electron chi connectivity index (χ2n) is 6.16. The van der Waals surface area contributed by atoms with Gasteiger partial charge in [-0.05, 0) is 31.7 Å². The number of carbonyl (C=O) groups excluding carboxylic acids is 1. The average molecular weight is 325 g/mol. The van der Waals surface area contributed by atoms with Crippen LogP contribution in [0.15, 0.2) is 42.7 Å². The molecule has 2 heterocycles. The fraction of sp³-hybridized carbons (Fsp3) is 0.421. The number of rotatable bonds is 5. The molecule has 1 aliphatic rings. The third kappa shape index (κ3) is 4.38. The molecule has 1 aliphatic heterocycles. The van der Waals surface area contributed by atoms with E-state index in [1.54, 1.807) is 12.4 Å². The number of hydrogen-bond donors (Lipinski definition) is 0. The molecule has 126 valence electrons. The number of aromatic nitrogens is 2. The predicted octanol–water partition coefficient (Wildman–Crippen LogP) is 2.65. The van der Waals surface area contributed by atoms with Gasteiger partial charge in [0.15, 0.2) is 0 Å². The Morgan fingerprint density at radius 2 is 2.08 bits per heavy atom. The van der Waals surface area contributed by atoms with Crippen LogP contribution < -0.4 is 0 Å². The molecule has 0 N–H and O–H groups in total. The Bertz CT molecular complexity index is 658. The molecule has 0 aliphatic carbocycles. The number of nitrogens with zero attached hydrogens (tertiary/aromatic N) is 3. The zero-order valence-corrected chi connectivity index (χ0v) is 14.0. The Hall–Kier alpha value is -2.27. The van der Waals surface area contributed by atoms with Crippen LogP contribution in [-0.4, -0.2) is 46.6 Å². The number of ether oxygens (including phenoxy) is 1. The van der Waals surface area contributed by atoms with Gasteiger partial charge in [0.05, 0.1) is 24.6 Å². The average Bonchev–Trinajstić information content (AvgIpc) is 2.63. The molecule has 1 saturated heterocycles. The van der Waals surface area contributed by atoms with Crippen LogP contribution >= 0.6 is 0 Å². The largest absolute Gasteiger partial charge is 0.375 e. The molecule has 1 aromatic heterocycles. The molecular weight excluding hydrogens is 302 g/mol. The minimum Gasteiger partial charge on any atom is -0.375 e. The fourth-order valence-electron chi connectivity index (χ4n) is 2.92. The van der Waals surface area contributed by atoms with Gasteiger partial charge in [0.2, 0.25) is 0 Å². The number of morpholine rings is 1. The van der Waals surface area contributed by atoms with Crippen molar-refractivity contribution in [2.45, 2.75) is 32.3 Å². The highest BCUT2D eigenvalue weighted by Crippen LogP contribution is 2.15. The van der Waals surface area contributed by atoms with Gasteiger partial charge < -0.3 is 9.64 Å². The first-order chi connectivity index (χ1) is 11.7. The Balaban J connectivity index is 1.50. The first-order valence-electron chi connectivity index (χ1n) is 8.46. The van der Waals surface area contributed by atoms with Gasteiger partial charge in [-0.3, -0.25) is 9.78 Å². The summed E-state index contributed by atoms with van der Waals surface area (Å²) in [6.45, 7) is 3.69. The van der Waals surface area contributed by atoms with Crippen molar-refractivity contribution in [1.29, 1.82) is 0 Å². The van der Waals surface area contributed by atoms with Gasteiger partial charge >= 0.3 is 0 Å². The lowest BCUT2D eigenvalue weighted by Crippen LogP contribution is -2.45. The molecule has 0 saturated carbocycles. The van der Waals surface area contributed by atoms with Crippen molar-refractivity contribution in [2.75, 3.05) is 19.7 Å². The van der Waals surface area contributed by atoms with E-state index in [9.17, 15) is 4.79 Å². The number of hydrogen-bond acceptors (Lipinski definition) is 4. The summed E-state index contributed by atoms with van der Waals surface area (Å²) in [7, 11) is 0. The van der Waals surface area contributed by atoms with E-state index in [1.807, 2.05) is 17.9 Å². The molecule has 5 nitrogen and oxygen atoms in total. The van der Waals surface area contributed by atoms with E-state index in [1.165, 1.54) is 5.56 Å². The summed E-state index contributed by atoms with van der Waals surface area (Å²) in [6.07, 6.45) is 6.34. The third-order valence-corrected chi connectivity index (χ3v) is 4.26. The summed E-state index contributed by atoms with van der Waals surface area (Å²) in [5, 5.41) is 0. The van der Waals surface area contributed by atoms with Crippen molar-refractivity contribution in [1.82, 2.24) is 14.9 Å². The van der Waals surface area contributed by atoms with Gasteiger partial charge in [-0.1, -0.05) is 30.3 Å². The summed E-state index contributed by atoms with van der Waals surface area (Å²) in [6, 6.07) is 10.5. The maximum Gasteiger partial charge on any atom is 0.274 e. The smallest absolute Gasteiger partial charge is 0.274 e.